The van der Waals surface area contributed by atoms with Crippen molar-refractivity contribution in [1.82, 2.24) is 0 Å². The van der Waals surface area contributed by atoms with Crippen LogP contribution >= 0.6 is 0 Å². The zero-order valence-corrected chi connectivity index (χ0v) is 11.4. The number of esters is 1. The molecule has 2 aromatic rings. The molecule has 0 N–H and O–H groups in total. The molecule has 0 amide bonds. The first-order valence-electron chi connectivity index (χ1n) is 6.26. The van der Waals surface area contributed by atoms with E-state index in [1.54, 1.807) is 30.3 Å². The Balaban J connectivity index is 2.08. The zero-order chi connectivity index (χ0) is 15.2. The van der Waals surface area contributed by atoms with E-state index in [9.17, 15) is 14.0 Å². The fraction of sp³-hybridized carbons (Fsp3) is 0.0588. The first-order valence-corrected chi connectivity index (χ1v) is 6.26. The molecule has 0 bridgehead atoms. The first kappa shape index (κ1) is 14.7. The van der Waals surface area contributed by atoms with Crippen molar-refractivity contribution in [2.75, 3.05) is 7.11 Å². The van der Waals surface area contributed by atoms with Crippen LogP contribution in [0.2, 0.25) is 0 Å². The van der Waals surface area contributed by atoms with Crippen molar-refractivity contribution >= 4 is 17.8 Å². The molecule has 0 aliphatic carbocycles. The molecule has 0 atom stereocenters. The van der Waals surface area contributed by atoms with Gasteiger partial charge in [0.05, 0.1) is 12.7 Å². The Morgan fingerprint density at radius 3 is 2.10 bits per heavy atom. The summed E-state index contributed by atoms with van der Waals surface area (Å²) in [5.74, 6) is -1.01. The van der Waals surface area contributed by atoms with Crippen LogP contribution in [0.3, 0.4) is 0 Å². The molecule has 2 aromatic carbocycles. The average molecular weight is 284 g/mol. The summed E-state index contributed by atoms with van der Waals surface area (Å²) in [5, 5.41) is 0. The van der Waals surface area contributed by atoms with Gasteiger partial charge in [-0.15, -0.1) is 0 Å². The lowest BCUT2D eigenvalue weighted by Gasteiger charge is -1.99. The summed E-state index contributed by atoms with van der Waals surface area (Å²) in [6.45, 7) is 0. The fourth-order valence-electron chi connectivity index (χ4n) is 1.73. The van der Waals surface area contributed by atoms with E-state index in [1.165, 1.54) is 37.5 Å². The molecule has 0 heterocycles. The predicted octanol–water partition coefficient (Wildman–Crippen LogP) is 3.51. The van der Waals surface area contributed by atoms with Crippen LogP contribution < -0.4 is 0 Å². The largest absolute Gasteiger partial charge is 0.465 e. The monoisotopic (exact) mass is 284 g/mol. The van der Waals surface area contributed by atoms with Gasteiger partial charge in [-0.3, -0.25) is 4.79 Å². The smallest absolute Gasteiger partial charge is 0.337 e. The molecule has 0 fully saturated rings. The molecule has 0 radical (unpaired) electrons. The highest BCUT2D eigenvalue weighted by atomic mass is 19.1. The highest BCUT2D eigenvalue weighted by Gasteiger charge is 2.04. The number of carbonyl (C=O) groups excluding carboxylic acids is 2. The second kappa shape index (κ2) is 6.61. The van der Waals surface area contributed by atoms with E-state index in [4.69, 9.17) is 0 Å². The number of ether oxygens (including phenoxy) is 1. The van der Waals surface area contributed by atoms with Gasteiger partial charge in [0.1, 0.15) is 5.82 Å². The zero-order valence-electron chi connectivity index (χ0n) is 11.4. The van der Waals surface area contributed by atoms with Gasteiger partial charge in [-0.25, -0.2) is 9.18 Å². The highest BCUT2D eigenvalue weighted by Crippen LogP contribution is 2.09. The van der Waals surface area contributed by atoms with Crippen molar-refractivity contribution in [2.24, 2.45) is 0 Å². The minimum Gasteiger partial charge on any atom is -0.465 e. The molecule has 0 aliphatic rings. The normalized spacial score (nSPS) is 10.6. The van der Waals surface area contributed by atoms with Crippen molar-refractivity contribution in [1.29, 1.82) is 0 Å². The number of allylic oxidation sites excluding steroid dienone is 1. The van der Waals surface area contributed by atoms with E-state index >= 15 is 0 Å². The number of rotatable bonds is 4. The Hall–Kier alpha value is -2.75. The summed E-state index contributed by atoms with van der Waals surface area (Å²) < 4.78 is 17.4. The van der Waals surface area contributed by atoms with Crippen LogP contribution in [-0.2, 0) is 4.74 Å². The van der Waals surface area contributed by atoms with Crippen molar-refractivity contribution in [2.45, 2.75) is 0 Å². The third-order valence-electron chi connectivity index (χ3n) is 2.89. The lowest BCUT2D eigenvalue weighted by atomic mass is 10.1. The molecule has 106 valence electrons. The highest BCUT2D eigenvalue weighted by molar-refractivity contribution is 6.06. The maximum Gasteiger partial charge on any atom is 0.337 e. The van der Waals surface area contributed by atoms with E-state index in [2.05, 4.69) is 4.74 Å². The van der Waals surface area contributed by atoms with Crippen LogP contribution in [0.4, 0.5) is 4.39 Å². The molecular formula is C17H13FO3. The molecule has 3 nitrogen and oxygen atoms in total. The molecular weight excluding hydrogens is 271 g/mol. The van der Waals surface area contributed by atoms with Gasteiger partial charge >= 0.3 is 5.97 Å². The predicted molar refractivity (Wildman–Crippen MR) is 77.5 cm³/mol. The quantitative estimate of drug-likeness (QED) is 0.490. The Bertz CT molecular complexity index is 670. The molecule has 2 rings (SSSR count). The number of carbonyl (C=O) groups is 2. The molecule has 0 saturated carbocycles. The molecule has 4 heteroatoms. The van der Waals surface area contributed by atoms with Crippen LogP contribution in [0, 0.1) is 5.82 Å². The Morgan fingerprint density at radius 2 is 1.52 bits per heavy atom. The van der Waals surface area contributed by atoms with Crippen LogP contribution in [0.5, 0.6) is 0 Å². The number of hydrogen-bond acceptors (Lipinski definition) is 3. The summed E-state index contributed by atoms with van der Waals surface area (Å²) in [6.07, 6.45) is 3.03. The molecule has 0 saturated heterocycles. The average Bonchev–Trinajstić information content (AvgIpc) is 2.53. The molecule has 21 heavy (non-hydrogen) atoms. The number of benzene rings is 2. The molecule has 0 aliphatic heterocycles. The second-order valence-corrected chi connectivity index (χ2v) is 4.32. The van der Waals surface area contributed by atoms with Gasteiger partial charge in [0.25, 0.3) is 0 Å². The van der Waals surface area contributed by atoms with Crippen LogP contribution in [-0.4, -0.2) is 18.9 Å². The number of methoxy groups -OCH3 is 1. The van der Waals surface area contributed by atoms with Gasteiger partial charge in [0.2, 0.25) is 0 Å². The second-order valence-electron chi connectivity index (χ2n) is 4.32. The van der Waals surface area contributed by atoms with Gasteiger partial charge in [-0.1, -0.05) is 18.2 Å². The van der Waals surface area contributed by atoms with Gasteiger partial charge in [-0.05, 0) is 48.0 Å². The van der Waals surface area contributed by atoms with Crippen LogP contribution in [0.1, 0.15) is 26.3 Å². The van der Waals surface area contributed by atoms with Gasteiger partial charge in [0, 0.05) is 5.56 Å². The summed E-state index contributed by atoms with van der Waals surface area (Å²) in [7, 11) is 1.32. The minimum atomic E-state index is -0.409. The Morgan fingerprint density at radius 1 is 0.952 bits per heavy atom. The number of hydrogen-bond donors (Lipinski definition) is 0. The summed E-state index contributed by atoms with van der Waals surface area (Å²) >= 11 is 0. The van der Waals surface area contributed by atoms with Crippen molar-refractivity contribution in [3.63, 3.8) is 0 Å². The van der Waals surface area contributed by atoms with Crippen molar-refractivity contribution in [3.8, 4) is 0 Å². The lowest BCUT2D eigenvalue weighted by Crippen LogP contribution is -2.00. The third-order valence-corrected chi connectivity index (χ3v) is 2.89. The molecule has 0 unspecified atom stereocenters. The Kier molecular flexibility index (Phi) is 4.61. The van der Waals surface area contributed by atoms with E-state index in [1.807, 2.05) is 0 Å². The van der Waals surface area contributed by atoms with Gasteiger partial charge in [0.15, 0.2) is 5.78 Å². The van der Waals surface area contributed by atoms with Crippen LogP contribution in [0.15, 0.2) is 54.6 Å². The minimum absolute atomic E-state index is 0.216. The van der Waals surface area contributed by atoms with Crippen molar-refractivity contribution < 1.29 is 18.7 Å². The maximum atomic E-state index is 12.8. The standard InChI is InChI=1S/C17H13FO3/c1-21-17(20)14-5-2-12(3-6-14)4-11-16(19)13-7-9-15(18)10-8-13/h2-11H,1H3. The topological polar surface area (TPSA) is 43.4 Å². The van der Waals surface area contributed by atoms with Gasteiger partial charge < -0.3 is 4.74 Å². The number of halogens is 1. The SMILES string of the molecule is COC(=O)c1ccc(C=CC(=O)c2ccc(F)cc2)cc1. The Labute approximate surface area is 121 Å². The first-order chi connectivity index (χ1) is 10.1. The van der Waals surface area contributed by atoms with Crippen molar-refractivity contribution in [3.05, 3.63) is 77.1 Å². The van der Waals surface area contributed by atoms with E-state index in [0.29, 0.717) is 11.1 Å². The summed E-state index contributed by atoms with van der Waals surface area (Å²) in [4.78, 5) is 23.1. The lowest BCUT2D eigenvalue weighted by molar-refractivity contribution is 0.0600. The number of ketones is 1. The fourth-order valence-corrected chi connectivity index (χ4v) is 1.73. The summed E-state index contributed by atoms with van der Waals surface area (Å²) in [5.41, 5.74) is 1.64. The third kappa shape index (κ3) is 3.86. The van der Waals surface area contributed by atoms with Gasteiger partial charge in [-0.2, -0.15) is 0 Å². The molecule has 0 aromatic heterocycles. The van der Waals surface area contributed by atoms with E-state index in [-0.39, 0.29) is 11.6 Å². The van der Waals surface area contributed by atoms with Crippen LogP contribution in [0.25, 0.3) is 6.08 Å². The van der Waals surface area contributed by atoms with E-state index < -0.39 is 5.97 Å². The summed E-state index contributed by atoms with van der Waals surface area (Å²) in [6, 6.07) is 12.0. The molecule has 0 spiro atoms. The maximum absolute atomic E-state index is 12.8. The van der Waals surface area contributed by atoms with E-state index in [0.717, 1.165) is 5.56 Å².